The van der Waals surface area contributed by atoms with Crippen molar-refractivity contribution in [2.45, 2.75) is 19.3 Å². The summed E-state index contributed by atoms with van der Waals surface area (Å²) in [5.41, 5.74) is 0.502. The summed E-state index contributed by atoms with van der Waals surface area (Å²) in [4.78, 5) is 36.3. The molecule has 2 aromatic carbocycles. The minimum Gasteiger partial charge on any atom is -0.426 e. The predicted octanol–water partition coefficient (Wildman–Crippen LogP) is 3.69. The Morgan fingerprint density at radius 3 is 2.62 bits per heavy atom. The zero-order valence-corrected chi connectivity index (χ0v) is 16.4. The average Bonchev–Trinajstić information content (AvgIpc) is 2.72. The Kier molecular flexibility index (Phi) is 7.03. The fourth-order valence-electron chi connectivity index (χ4n) is 2.77. The van der Waals surface area contributed by atoms with Gasteiger partial charge in [-0.15, -0.1) is 11.6 Å². The van der Waals surface area contributed by atoms with Crippen molar-refractivity contribution >= 4 is 34.4 Å². The van der Waals surface area contributed by atoms with Crippen molar-refractivity contribution in [1.82, 2.24) is 5.32 Å². The first-order valence-corrected chi connectivity index (χ1v) is 9.77. The maximum atomic E-state index is 12.4. The maximum Gasteiger partial charge on any atom is 0.349 e. The molecule has 0 unspecified atom stereocenters. The lowest BCUT2D eigenvalue weighted by Gasteiger charge is -2.07. The molecular weight excluding hydrogens is 394 g/mol. The van der Waals surface area contributed by atoms with Crippen LogP contribution in [-0.2, 0) is 11.2 Å². The molecule has 150 valence electrons. The molecular formula is C22H20ClNO5. The summed E-state index contributed by atoms with van der Waals surface area (Å²) in [7, 11) is 0. The smallest absolute Gasteiger partial charge is 0.349 e. The number of carbonyl (C=O) groups excluding carboxylic acids is 2. The molecule has 0 bridgehead atoms. The summed E-state index contributed by atoms with van der Waals surface area (Å²) >= 11 is 5.56. The first-order chi connectivity index (χ1) is 14.1. The zero-order chi connectivity index (χ0) is 20.6. The highest BCUT2D eigenvalue weighted by molar-refractivity contribution is 6.17. The van der Waals surface area contributed by atoms with E-state index in [4.69, 9.17) is 20.8 Å². The van der Waals surface area contributed by atoms with Crippen LogP contribution >= 0.6 is 11.6 Å². The third-order valence-electron chi connectivity index (χ3n) is 4.24. The Bertz CT molecular complexity index is 1060. The second kappa shape index (κ2) is 9.89. The molecule has 0 aliphatic carbocycles. The largest absolute Gasteiger partial charge is 0.426 e. The molecule has 1 aromatic heterocycles. The van der Waals surface area contributed by atoms with Crippen LogP contribution in [0.3, 0.4) is 0 Å². The third-order valence-corrected chi connectivity index (χ3v) is 4.51. The molecule has 1 amide bonds. The number of alkyl halides is 1. The molecule has 0 radical (unpaired) electrons. The Morgan fingerprint density at radius 2 is 1.86 bits per heavy atom. The van der Waals surface area contributed by atoms with E-state index in [1.54, 1.807) is 12.1 Å². The Labute approximate surface area is 172 Å². The number of fused-ring (bicyclic) bond motifs is 1. The number of halogens is 1. The molecule has 0 saturated carbocycles. The first-order valence-electron chi connectivity index (χ1n) is 9.23. The van der Waals surface area contributed by atoms with Crippen LogP contribution in [0.2, 0.25) is 0 Å². The Balaban J connectivity index is 1.68. The molecule has 0 spiro atoms. The minimum atomic E-state index is -0.750. The maximum absolute atomic E-state index is 12.4. The lowest BCUT2D eigenvalue weighted by Crippen LogP contribution is -2.29. The molecule has 3 rings (SSSR count). The lowest BCUT2D eigenvalue weighted by atomic mass is 10.1. The standard InChI is InChI=1S/C22H20ClNO5/c23-11-4-7-20(25)28-17-9-8-16-13-18(22(27)29-19(16)14-17)21(26)24-12-10-15-5-2-1-3-6-15/h1-3,5-6,8-9,13-14H,4,7,10-12H2,(H,24,26). The molecule has 0 atom stereocenters. The fourth-order valence-corrected chi connectivity index (χ4v) is 2.90. The van der Waals surface area contributed by atoms with Crippen molar-refractivity contribution in [3.8, 4) is 5.75 Å². The van der Waals surface area contributed by atoms with Gasteiger partial charge in [-0.05, 0) is 36.6 Å². The highest BCUT2D eigenvalue weighted by Crippen LogP contribution is 2.21. The summed E-state index contributed by atoms with van der Waals surface area (Å²) in [6.45, 7) is 0.400. The fraction of sp³-hybridized carbons (Fsp3) is 0.227. The van der Waals surface area contributed by atoms with Crippen LogP contribution in [0.15, 0.2) is 63.8 Å². The molecule has 0 fully saturated rings. The van der Waals surface area contributed by atoms with Gasteiger partial charge in [0, 0.05) is 30.3 Å². The molecule has 6 nitrogen and oxygen atoms in total. The SMILES string of the molecule is O=C(CCCCl)Oc1ccc2cc(C(=O)NCCc3ccccc3)c(=O)oc2c1. The van der Waals surface area contributed by atoms with E-state index in [1.807, 2.05) is 30.3 Å². The van der Waals surface area contributed by atoms with Crippen molar-refractivity contribution in [2.24, 2.45) is 0 Å². The number of amides is 1. The second-order valence-corrected chi connectivity index (χ2v) is 6.78. The van der Waals surface area contributed by atoms with Crippen LogP contribution in [0.4, 0.5) is 0 Å². The normalized spacial score (nSPS) is 10.7. The summed E-state index contributed by atoms with van der Waals surface area (Å²) in [6.07, 6.45) is 1.38. The number of nitrogens with one attached hydrogen (secondary N) is 1. The summed E-state index contributed by atoms with van der Waals surface area (Å²) in [5.74, 6) is -0.270. The molecule has 1 heterocycles. The summed E-state index contributed by atoms with van der Waals surface area (Å²) in [5, 5.41) is 3.28. The van der Waals surface area contributed by atoms with E-state index in [0.29, 0.717) is 30.7 Å². The van der Waals surface area contributed by atoms with Gasteiger partial charge >= 0.3 is 11.6 Å². The third kappa shape index (κ3) is 5.68. The van der Waals surface area contributed by atoms with Gasteiger partial charge in [0.05, 0.1) is 0 Å². The van der Waals surface area contributed by atoms with Gasteiger partial charge < -0.3 is 14.5 Å². The Hall–Kier alpha value is -3.12. The molecule has 3 aromatic rings. The van der Waals surface area contributed by atoms with Crippen LogP contribution in [0.1, 0.15) is 28.8 Å². The highest BCUT2D eigenvalue weighted by Gasteiger charge is 2.14. The van der Waals surface area contributed by atoms with Gasteiger partial charge in [-0.1, -0.05) is 30.3 Å². The molecule has 1 N–H and O–H groups in total. The van der Waals surface area contributed by atoms with E-state index >= 15 is 0 Å². The van der Waals surface area contributed by atoms with Crippen molar-refractivity contribution in [1.29, 1.82) is 0 Å². The van der Waals surface area contributed by atoms with E-state index < -0.39 is 17.5 Å². The quantitative estimate of drug-likeness (QED) is 0.263. The molecule has 0 aliphatic heterocycles. The van der Waals surface area contributed by atoms with E-state index in [-0.39, 0.29) is 23.3 Å². The highest BCUT2D eigenvalue weighted by atomic mass is 35.5. The minimum absolute atomic E-state index is 0.0718. The Morgan fingerprint density at radius 1 is 1.07 bits per heavy atom. The van der Waals surface area contributed by atoms with Crippen molar-refractivity contribution < 1.29 is 18.7 Å². The van der Waals surface area contributed by atoms with Gasteiger partial charge in [0.15, 0.2) is 0 Å². The van der Waals surface area contributed by atoms with Crippen LogP contribution in [0.5, 0.6) is 5.75 Å². The number of rotatable bonds is 8. The van der Waals surface area contributed by atoms with Gasteiger partial charge in [-0.25, -0.2) is 4.79 Å². The van der Waals surface area contributed by atoms with Crippen LogP contribution in [-0.4, -0.2) is 24.3 Å². The van der Waals surface area contributed by atoms with Crippen molar-refractivity contribution in [3.63, 3.8) is 0 Å². The molecule has 7 heteroatoms. The average molecular weight is 414 g/mol. The number of hydrogen-bond donors (Lipinski definition) is 1. The topological polar surface area (TPSA) is 85.6 Å². The predicted molar refractivity (Wildman–Crippen MR) is 111 cm³/mol. The number of benzene rings is 2. The molecule has 0 saturated heterocycles. The van der Waals surface area contributed by atoms with E-state index in [1.165, 1.54) is 12.1 Å². The number of ether oxygens (including phenoxy) is 1. The van der Waals surface area contributed by atoms with E-state index in [9.17, 15) is 14.4 Å². The zero-order valence-electron chi connectivity index (χ0n) is 15.7. The van der Waals surface area contributed by atoms with Crippen LogP contribution in [0, 0.1) is 0 Å². The van der Waals surface area contributed by atoms with Crippen molar-refractivity contribution in [3.05, 3.63) is 76.1 Å². The van der Waals surface area contributed by atoms with Crippen molar-refractivity contribution in [2.75, 3.05) is 12.4 Å². The number of carbonyl (C=O) groups is 2. The second-order valence-electron chi connectivity index (χ2n) is 6.41. The molecule has 29 heavy (non-hydrogen) atoms. The number of hydrogen-bond acceptors (Lipinski definition) is 5. The monoisotopic (exact) mass is 413 g/mol. The first kappa shape index (κ1) is 20.6. The summed E-state index contributed by atoms with van der Waals surface area (Å²) < 4.78 is 10.5. The van der Waals surface area contributed by atoms with Gasteiger partial charge in [0.2, 0.25) is 0 Å². The lowest BCUT2D eigenvalue weighted by molar-refractivity contribution is -0.134. The van der Waals surface area contributed by atoms with Crippen LogP contribution < -0.4 is 15.7 Å². The molecule has 0 aliphatic rings. The van der Waals surface area contributed by atoms with E-state index in [2.05, 4.69) is 5.32 Å². The number of esters is 1. The van der Waals surface area contributed by atoms with Gasteiger partial charge in [0.1, 0.15) is 16.9 Å². The van der Waals surface area contributed by atoms with Gasteiger partial charge in [-0.3, -0.25) is 9.59 Å². The van der Waals surface area contributed by atoms with Crippen LogP contribution in [0.25, 0.3) is 11.0 Å². The van der Waals surface area contributed by atoms with Gasteiger partial charge in [0.25, 0.3) is 5.91 Å². The van der Waals surface area contributed by atoms with E-state index in [0.717, 1.165) is 5.56 Å². The van der Waals surface area contributed by atoms with Gasteiger partial charge in [-0.2, -0.15) is 0 Å². The summed E-state index contributed by atoms with van der Waals surface area (Å²) in [6, 6.07) is 15.9.